The molecule has 0 aliphatic carbocycles. The Morgan fingerprint density at radius 3 is 2.59 bits per heavy atom. The lowest BCUT2D eigenvalue weighted by molar-refractivity contribution is -0.123. The molecule has 1 atom stereocenters. The highest BCUT2D eigenvalue weighted by molar-refractivity contribution is 7.80. The number of amides is 1. The lowest BCUT2D eigenvalue weighted by atomic mass is 10.0. The van der Waals surface area contributed by atoms with Crippen LogP contribution < -0.4 is 4.74 Å². The van der Waals surface area contributed by atoms with E-state index in [-0.39, 0.29) is 17.1 Å². The summed E-state index contributed by atoms with van der Waals surface area (Å²) in [7, 11) is 1.63. The van der Waals surface area contributed by atoms with Crippen molar-refractivity contribution in [3.63, 3.8) is 0 Å². The van der Waals surface area contributed by atoms with Gasteiger partial charge in [-0.15, -0.1) is 0 Å². The minimum Gasteiger partial charge on any atom is -0.497 e. The van der Waals surface area contributed by atoms with Gasteiger partial charge >= 0.3 is 0 Å². The van der Waals surface area contributed by atoms with Gasteiger partial charge in [0.25, 0.3) is 11.1 Å². The molecule has 0 aromatic heterocycles. The van der Waals surface area contributed by atoms with Crippen LogP contribution in [0.1, 0.15) is 26.3 Å². The molecule has 1 heterocycles. The maximum Gasteiger partial charge on any atom is 0.266 e. The van der Waals surface area contributed by atoms with Gasteiger partial charge < -0.3 is 9.47 Å². The first-order valence-corrected chi connectivity index (χ1v) is 7.67. The zero-order valence-corrected chi connectivity index (χ0v) is 14.1. The smallest absolute Gasteiger partial charge is 0.266 e. The zero-order chi connectivity index (χ0) is 16.3. The van der Waals surface area contributed by atoms with Crippen molar-refractivity contribution < 1.29 is 14.3 Å². The van der Waals surface area contributed by atoms with E-state index in [1.54, 1.807) is 18.1 Å². The molecule has 1 aromatic rings. The van der Waals surface area contributed by atoms with Crippen LogP contribution in [0, 0.1) is 5.92 Å². The number of rotatable bonds is 4. The van der Waals surface area contributed by atoms with Gasteiger partial charge in [-0.05, 0) is 48.3 Å². The summed E-state index contributed by atoms with van der Waals surface area (Å²) in [5.41, 5.74) is 1.85. The van der Waals surface area contributed by atoms with Crippen molar-refractivity contribution in [1.29, 1.82) is 0 Å². The molecule has 0 bridgehead atoms. The van der Waals surface area contributed by atoms with Gasteiger partial charge in [0, 0.05) is 6.08 Å². The van der Waals surface area contributed by atoms with Crippen molar-refractivity contribution in [3.05, 3.63) is 35.9 Å². The Hall–Kier alpha value is -1.88. The summed E-state index contributed by atoms with van der Waals surface area (Å²) in [6.45, 7) is 6.49. The van der Waals surface area contributed by atoms with E-state index in [4.69, 9.17) is 21.7 Å². The minimum absolute atomic E-state index is 0.0000765. The Morgan fingerprint density at radius 1 is 1.41 bits per heavy atom. The lowest BCUT2D eigenvalue weighted by Gasteiger charge is -2.23. The van der Waals surface area contributed by atoms with E-state index < -0.39 is 0 Å². The maximum absolute atomic E-state index is 12.5. The first kappa shape index (κ1) is 16.5. The number of ether oxygens (including phenoxy) is 2. The predicted molar refractivity (Wildman–Crippen MR) is 90.7 cm³/mol. The number of carbonyl (C=O) groups is 1. The van der Waals surface area contributed by atoms with Gasteiger partial charge in [-0.1, -0.05) is 26.0 Å². The summed E-state index contributed by atoms with van der Waals surface area (Å²) in [6.07, 6.45) is 1.61. The molecule has 1 aliphatic heterocycles. The minimum atomic E-state index is -0.130. The first-order valence-electron chi connectivity index (χ1n) is 7.26. The van der Waals surface area contributed by atoms with E-state index >= 15 is 0 Å². The molecule has 1 aliphatic rings. The quantitative estimate of drug-likeness (QED) is 0.631. The topological polar surface area (TPSA) is 38.8 Å². The van der Waals surface area contributed by atoms with Crippen molar-refractivity contribution in [1.82, 2.24) is 4.90 Å². The molecule has 5 heteroatoms. The largest absolute Gasteiger partial charge is 0.497 e. The molecule has 0 radical (unpaired) electrons. The molecular formula is C17H21NO3S. The first-order chi connectivity index (χ1) is 10.4. The second kappa shape index (κ2) is 6.92. The third-order valence-corrected chi connectivity index (χ3v) is 4.11. The Kier molecular flexibility index (Phi) is 5.19. The van der Waals surface area contributed by atoms with Crippen LogP contribution in [0.2, 0.25) is 0 Å². The third kappa shape index (κ3) is 3.47. The second-order valence-electron chi connectivity index (χ2n) is 5.65. The zero-order valence-electron chi connectivity index (χ0n) is 13.3. The molecule has 22 heavy (non-hydrogen) atoms. The number of nitrogens with zero attached hydrogens (tertiary/aromatic N) is 1. The molecule has 118 valence electrons. The third-order valence-electron chi connectivity index (χ3n) is 3.80. The highest BCUT2D eigenvalue weighted by atomic mass is 32.1. The molecule has 1 saturated heterocycles. The van der Waals surface area contributed by atoms with Crippen LogP contribution in [0.4, 0.5) is 0 Å². The fourth-order valence-electron chi connectivity index (χ4n) is 2.37. The molecular weight excluding hydrogens is 298 g/mol. The summed E-state index contributed by atoms with van der Waals surface area (Å²) >= 11 is 5.15. The van der Waals surface area contributed by atoms with Gasteiger partial charge in [-0.3, -0.25) is 9.69 Å². The van der Waals surface area contributed by atoms with Gasteiger partial charge in [0.2, 0.25) is 0 Å². The maximum atomic E-state index is 12.5. The summed E-state index contributed by atoms with van der Waals surface area (Å²) in [5.74, 6) is 0.950. The summed E-state index contributed by atoms with van der Waals surface area (Å²) in [5, 5.41) is 0.266. The van der Waals surface area contributed by atoms with E-state index in [0.29, 0.717) is 12.5 Å². The predicted octanol–water partition coefficient (Wildman–Crippen LogP) is 3.27. The van der Waals surface area contributed by atoms with Gasteiger partial charge in [-0.2, -0.15) is 0 Å². The van der Waals surface area contributed by atoms with Gasteiger partial charge in [0.15, 0.2) is 0 Å². The number of hydrogen-bond donors (Lipinski definition) is 0. The van der Waals surface area contributed by atoms with E-state index in [2.05, 4.69) is 13.8 Å². The molecule has 2 rings (SSSR count). The number of hydrogen-bond acceptors (Lipinski definition) is 4. The number of allylic oxidation sites excluding steroid dienone is 1. The summed E-state index contributed by atoms with van der Waals surface area (Å²) < 4.78 is 10.5. The Bertz CT molecular complexity index is 592. The fraction of sp³-hybridized carbons (Fsp3) is 0.412. The average Bonchev–Trinajstić information content (AvgIpc) is 2.89. The number of carbonyl (C=O) groups excluding carboxylic acids is 1. The molecule has 0 spiro atoms. The second-order valence-corrected chi connectivity index (χ2v) is 6.00. The van der Waals surface area contributed by atoms with Crippen LogP contribution in [-0.4, -0.2) is 35.7 Å². The summed E-state index contributed by atoms with van der Waals surface area (Å²) in [4.78, 5) is 14.1. The van der Waals surface area contributed by atoms with E-state index in [0.717, 1.165) is 16.9 Å². The van der Waals surface area contributed by atoms with Gasteiger partial charge in [-0.25, -0.2) is 0 Å². The Labute approximate surface area is 136 Å². The van der Waals surface area contributed by atoms with Crippen molar-refractivity contribution >= 4 is 28.9 Å². The number of methoxy groups -OCH3 is 1. The molecule has 1 amide bonds. The molecule has 4 nitrogen and oxygen atoms in total. The van der Waals surface area contributed by atoms with E-state index in [1.807, 2.05) is 31.2 Å². The fourth-order valence-corrected chi connectivity index (χ4v) is 2.67. The molecule has 0 unspecified atom stereocenters. The molecule has 1 fully saturated rings. The Balaban J connectivity index is 2.19. The van der Waals surface area contributed by atoms with Crippen LogP contribution in [0.25, 0.3) is 5.57 Å². The molecule has 0 saturated carbocycles. The lowest BCUT2D eigenvalue weighted by Crippen LogP contribution is -2.40. The van der Waals surface area contributed by atoms with Crippen molar-refractivity contribution in [3.8, 4) is 5.75 Å². The van der Waals surface area contributed by atoms with Crippen molar-refractivity contribution in [2.45, 2.75) is 26.8 Å². The highest BCUT2D eigenvalue weighted by Crippen LogP contribution is 2.23. The van der Waals surface area contributed by atoms with Gasteiger partial charge in [0.1, 0.15) is 12.4 Å². The van der Waals surface area contributed by atoms with Gasteiger partial charge in [0.05, 0.1) is 13.2 Å². The van der Waals surface area contributed by atoms with Crippen LogP contribution in [-0.2, 0) is 9.53 Å². The summed E-state index contributed by atoms with van der Waals surface area (Å²) in [6, 6.07) is 7.60. The van der Waals surface area contributed by atoms with Crippen LogP contribution >= 0.6 is 12.2 Å². The normalized spacial score (nSPS) is 18.6. The van der Waals surface area contributed by atoms with Crippen LogP contribution in [0.3, 0.4) is 0 Å². The van der Waals surface area contributed by atoms with Crippen LogP contribution in [0.5, 0.6) is 5.75 Å². The van der Waals surface area contributed by atoms with E-state index in [1.165, 1.54) is 0 Å². The standard InChI is InChI=1S/C17H21NO3S/c1-11(2)15-10-21-17(22)18(15)16(19)9-12(3)13-5-7-14(20-4)8-6-13/h5-9,11,15H,10H2,1-4H3/b12-9+/t15-/m1/s1. The van der Waals surface area contributed by atoms with E-state index in [9.17, 15) is 4.79 Å². The number of thiocarbonyl (C=S) groups is 1. The molecule has 0 N–H and O–H groups in total. The highest BCUT2D eigenvalue weighted by Gasteiger charge is 2.35. The monoisotopic (exact) mass is 319 g/mol. The Morgan fingerprint density at radius 2 is 2.05 bits per heavy atom. The van der Waals surface area contributed by atoms with Crippen LogP contribution in [0.15, 0.2) is 30.3 Å². The van der Waals surface area contributed by atoms with Crippen molar-refractivity contribution in [2.75, 3.05) is 13.7 Å². The SMILES string of the molecule is COc1ccc(/C(C)=C/C(=O)N2C(=S)OC[C@@H]2C(C)C)cc1. The van der Waals surface area contributed by atoms with Crippen molar-refractivity contribution in [2.24, 2.45) is 5.92 Å². The average molecular weight is 319 g/mol. The number of benzene rings is 1. The molecule has 1 aromatic carbocycles.